The van der Waals surface area contributed by atoms with Crippen molar-refractivity contribution in [2.75, 3.05) is 40.5 Å². The Bertz CT molecular complexity index is 356. The van der Waals surface area contributed by atoms with Gasteiger partial charge in [0.2, 0.25) is 0 Å². The van der Waals surface area contributed by atoms with Crippen molar-refractivity contribution >= 4 is 11.6 Å². The van der Waals surface area contributed by atoms with Crippen LogP contribution in [0.1, 0.15) is 24.8 Å². The van der Waals surface area contributed by atoms with Crippen molar-refractivity contribution in [3.05, 3.63) is 34.9 Å². The van der Waals surface area contributed by atoms with Crippen LogP contribution < -0.4 is 5.32 Å². The van der Waals surface area contributed by atoms with Gasteiger partial charge >= 0.3 is 0 Å². The second-order valence-electron chi connectivity index (χ2n) is 5.11. The molecule has 0 saturated carbocycles. The molecule has 1 N–H and O–H groups in total. The van der Waals surface area contributed by atoms with Gasteiger partial charge in [-0.25, -0.2) is 0 Å². The van der Waals surface area contributed by atoms with E-state index in [1.54, 1.807) is 14.2 Å². The first-order chi connectivity index (χ1) is 9.69. The number of methoxy groups -OCH3 is 2. The maximum atomic E-state index is 5.97. The molecule has 1 rings (SSSR count). The highest BCUT2D eigenvalue weighted by molar-refractivity contribution is 6.30. The predicted molar refractivity (Wildman–Crippen MR) is 84.6 cm³/mol. The summed E-state index contributed by atoms with van der Waals surface area (Å²) in [6.45, 7) is 5.62. The molecular weight excluding hydrogens is 274 g/mol. The molecule has 0 heterocycles. The Labute approximate surface area is 127 Å². The number of nitrogens with one attached hydrogen (secondary N) is 1. The Morgan fingerprint density at radius 1 is 1.10 bits per heavy atom. The molecule has 1 aromatic carbocycles. The molecule has 0 aliphatic carbocycles. The largest absolute Gasteiger partial charge is 0.385 e. The van der Waals surface area contributed by atoms with Gasteiger partial charge in [-0.05, 0) is 36.0 Å². The molecule has 20 heavy (non-hydrogen) atoms. The average Bonchev–Trinajstić information content (AvgIpc) is 2.46. The first kappa shape index (κ1) is 17.4. The molecule has 0 bridgehead atoms. The molecule has 3 nitrogen and oxygen atoms in total. The second kappa shape index (κ2) is 10.2. The van der Waals surface area contributed by atoms with Crippen LogP contribution in [0.3, 0.4) is 0 Å². The molecule has 0 aromatic heterocycles. The lowest BCUT2D eigenvalue weighted by molar-refractivity contribution is 0.172. The minimum atomic E-state index is 0.458. The van der Waals surface area contributed by atoms with E-state index in [0.717, 1.165) is 37.7 Å². The van der Waals surface area contributed by atoms with Gasteiger partial charge in [0, 0.05) is 38.9 Å². The number of rotatable bonds is 10. The lowest BCUT2D eigenvalue weighted by Crippen LogP contribution is -2.28. The smallest absolute Gasteiger partial charge is 0.0587 e. The molecule has 0 aliphatic heterocycles. The molecule has 2 atom stereocenters. The van der Waals surface area contributed by atoms with Crippen LogP contribution >= 0.6 is 11.6 Å². The Balaban J connectivity index is 2.64. The van der Waals surface area contributed by atoms with Crippen LogP contribution in [0, 0.1) is 5.92 Å². The highest BCUT2D eigenvalue weighted by atomic mass is 35.5. The topological polar surface area (TPSA) is 30.5 Å². The number of hydrogen-bond donors (Lipinski definition) is 1. The van der Waals surface area contributed by atoms with E-state index >= 15 is 0 Å². The summed E-state index contributed by atoms with van der Waals surface area (Å²) in [5, 5.41) is 4.24. The summed E-state index contributed by atoms with van der Waals surface area (Å²) in [5.41, 5.74) is 1.32. The Hall–Kier alpha value is -0.610. The monoisotopic (exact) mass is 299 g/mol. The van der Waals surface area contributed by atoms with Crippen LogP contribution in [0.5, 0.6) is 0 Å². The van der Waals surface area contributed by atoms with Crippen molar-refractivity contribution in [1.29, 1.82) is 0 Å². The van der Waals surface area contributed by atoms with E-state index < -0.39 is 0 Å². The van der Waals surface area contributed by atoms with Gasteiger partial charge in [0.15, 0.2) is 0 Å². The number of hydrogen-bond acceptors (Lipinski definition) is 3. The highest BCUT2D eigenvalue weighted by Crippen LogP contribution is 2.27. The fraction of sp³-hybridized carbons (Fsp3) is 0.625. The van der Waals surface area contributed by atoms with E-state index in [2.05, 4.69) is 24.4 Å². The van der Waals surface area contributed by atoms with Crippen molar-refractivity contribution in [3.8, 4) is 0 Å². The van der Waals surface area contributed by atoms with Gasteiger partial charge in [-0.15, -0.1) is 0 Å². The minimum absolute atomic E-state index is 0.458. The van der Waals surface area contributed by atoms with E-state index in [9.17, 15) is 0 Å². The van der Waals surface area contributed by atoms with Gasteiger partial charge in [-0.2, -0.15) is 0 Å². The molecule has 1 aromatic rings. The Morgan fingerprint density at radius 2 is 1.75 bits per heavy atom. The zero-order chi connectivity index (χ0) is 14.8. The second-order valence-corrected chi connectivity index (χ2v) is 5.55. The lowest BCUT2D eigenvalue weighted by atomic mass is 9.85. The molecule has 0 saturated heterocycles. The summed E-state index contributed by atoms with van der Waals surface area (Å²) < 4.78 is 10.3. The van der Waals surface area contributed by atoms with Gasteiger partial charge in [-0.1, -0.05) is 30.7 Å². The van der Waals surface area contributed by atoms with Crippen LogP contribution in [0.15, 0.2) is 24.3 Å². The van der Waals surface area contributed by atoms with Crippen LogP contribution in [0.25, 0.3) is 0 Å². The zero-order valence-electron chi connectivity index (χ0n) is 12.7. The SMILES string of the molecule is COCCNCC(c1ccc(Cl)cc1)C(C)CCOC. The summed E-state index contributed by atoms with van der Waals surface area (Å²) in [6, 6.07) is 8.16. The van der Waals surface area contributed by atoms with Gasteiger partial charge in [0.25, 0.3) is 0 Å². The summed E-state index contributed by atoms with van der Waals surface area (Å²) in [4.78, 5) is 0. The summed E-state index contributed by atoms with van der Waals surface area (Å²) in [6.07, 6.45) is 1.05. The average molecular weight is 300 g/mol. The van der Waals surface area contributed by atoms with E-state index in [-0.39, 0.29) is 0 Å². The Kier molecular flexibility index (Phi) is 8.86. The number of benzene rings is 1. The molecule has 2 unspecified atom stereocenters. The fourth-order valence-electron chi connectivity index (χ4n) is 2.29. The van der Waals surface area contributed by atoms with Crippen LogP contribution in [-0.4, -0.2) is 40.5 Å². The van der Waals surface area contributed by atoms with Crippen molar-refractivity contribution in [1.82, 2.24) is 5.32 Å². The van der Waals surface area contributed by atoms with E-state index in [1.165, 1.54) is 5.56 Å². The first-order valence-electron chi connectivity index (χ1n) is 7.13. The summed E-state index contributed by atoms with van der Waals surface area (Å²) >= 11 is 5.97. The van der Waals surface area contributed by atoms with Crippen LogP contribution in [-0.2, 0) is 9.47 Å². The molecular formula is C16H26ClNO2. The third kappa shape index (κ3) is 6.23. The van der Waals surface area contributed by atoms with Gasteiger partial charge in [-0.3, -0.25) is 0 Å². The van der Waals surface area contributed by atoms with Crippen LogP contribution in [0.2, 0.25) is 5.02 Å². The molecule has 0 fully saturated rings. The normalized spacial score (nSPS) is 14.2. The molecule has 0 spiro atoms. The van der Waals surface area contributed by atoms with Gasteiger partial charge < -0.3 is 14.8 Å². The van der Waals surface area contributed by atoms with Crippen molar-refractivity contribution in [3.63, 3.8) is 0 Å². The highest BCUT2D eigenvalue weighted by Gasteiger charge is 2.18. The third-order valence-electron chi connectivity index (χ3n) is 3.61. The molecule has 0 radical (unpaired) electrons. The zero-order valence-corrected chi connectivity index (χ0v) is 13.5. The van der Waals surface area contributed by atoms with Gasteiger partial charge in [0.05, 0.1) is 6.61 Å². The molecule has 4 heteroatoms. The van der Waals surface area contributed by atoms with Crippen molar-refractivity contribution in [2.24, 2.45) is 5.92 Å². The summed E-state index contributed by atoms with van der Waals surface area (Å²) in [5.74, 6) is 1.01. The van der Waals surface area contributed by atoms with Crippen molar-refractivity contribution < 1.29 is 9.47 Å². The quantitative estimate of drug-likeness (QED) is 0.672. The lowest BCUT2D eigenvalue weighted by Gasteiger charge is -2.25. The number of halogens is 1. The van der Waals surface area contributed by atoms with Crippen molar-refractivity contribution in [2.45, 2.75) is 19.3 Å². The molecule has 114 valence electrons. The maximum Gasteiger partial charge on any atom is 0.0587 e. The standard InChI is InChI=1S/C16H26ClNO2/c1-13(8-10-19-2)16(12-18-9-11-20-3)14-4-6-15(17)7-5-14/h4-7,13,16,18H,8-12H2,1-3H3. The first-order valence-corrected chi connectivity index (χ1v) is 7.51. The maximum absolute atomic E-state index is 5.97. The van der Waals surface area contributed by atoms with E-state index in [4.69, 9.17) is 21.1 Å². The Morgan fingerprint density at radius 3 is 2.35 bits per heavy atom. The van der Waals surface area contributed by atoms with E-state index in [1.807, 2.05) is 12.1 Å². The van der Waals surface area contributed by atoms with Gasteiger partial charge in [0.1, 0.15) is 0 Å². The summed E-state index contributed by atoms with van der Waals surface area (Å²) in [7, 11) is 3.47. The number of ether oxygens (including phenoxy) is 2. The molecule has 0 aliphatic rings. The third-order valence-corrected chi connectivity index (χ3v) is 3.86. The minimum Gasteiger partial charge on any atom is -0.385 e. The van der Waals surface area contributed by atoms with Crippen LogP contribution in [0.4, 0.5) is 0 Å². The molecule has 0 amide bonds. The predicted octanol–water partition coefficient (Wildman–Crippen LogP) is 3.33. The fourth-order valence-corrected chi connectivity index (χ4v) is 2.42. The van der Waals surface area contributed by atoms with E-state index in [0.29, 0.717) is 11.8 Å².